The van der Waals surface area contributed by atoms with Gasteiger partial charge < -0.3 is 23.7 Å². The third-order valence-corrected chi connectivity index (χ3v) is 2.63. The molecule has 0 bridgehead atoms. The Kier molecular flexibility index (Phi) is 11.3. The number of carbonyl (C=O) groups is 1. The van der Waals surface area contributed by atoms with Crippen LogP contribution in [0.3, 0.4) is 0 Å². The van der Waals surface area contributed by atoms with Gasteiger partial charge in [-0.15, -0.1) is 0 Å². The van der Waals surface area contributed by atoms with Crippen molar-refractivity contribution in [3.05, 3.63) is 0 Å². The van der Waals surface area contributed by atoms with E-state index >= 15 is 0 Å². The van der Waals surface area contributed by atoms with Gasteiger partial charge in [-0.1, -0.05) is 6.92 Å². The zero-order valence-corrected chi connectivity index (χ0v) is 11.9. The second-order valence-corrected chi connectivity index (χ2v) is 4.23. The lowest BCUT2D eigenvalue weighted by Gasteiger charge is -2.26. The van der Waals surface area contributed by atoms with Crippen LogP contribution in [0.2, 0.25) is 0 Å². The number of hydrogen-bond donors (Lipinski definition) is 0. The molecular formula is C13H26O5. The van der Waals surface area contributed by atoms with Gasteiger partial charge in [0.05, 0.1) is 12.2 Å². The second kappa shape index (κ2) is 11.6. The van der Waals surface area contributed by atoms with E-state index in [1.54, 1.807) is 21.1 Å². The van der Waals surface area contributed by atoms with Gasteiger partial charge in [-0.2, -0.15) is 0 Å². The third kappa shape index (κ3) is 8.58. The Balaban J connectivity index is 4.18. The van der Waals surface area contributed by atoms with Crippen LogP contribution in [-0.4, -0.2) is 45.8 Å². The fourth-order valence-corrected chi connectivity index (χ4v) is 1.73. The Hall–Kier alpha value is -0.490. The van der Waals surface area contributed by atoms with Crippen molar-refractivity contribution >= 4 is 5.78 Å². The molecule has 0 radical (unpaired) electrons. The fourth-order valence-electron chi connectivity index (χ4n) is 1.73. The van der Waals surface area contributed by atoms with E-state index in [-0.39, 0.29) is 31.6 Å². The molecule has 0 saturated carbocycles. The van der Waals surface area contributed by atoms with E-state index in [2.05, 4.69) is 0 Å². The lowest BCUT2D eigenvalue weighted by Crippen LogP contribution is -2.32. The highest BCUT2D eigenvalue weighted by Gasteiger charge is 2.21. The molecule has 0 N–H and O–H groups in total. The lowest BCUT2D eigenvalue weighted by atomic mass is 10.0. The summed E-state index contributed by atoms with van der Waals surface area (Å²) < 4.78 is 21.0. The maximum absolute atomic E-state index is 10.9. The Morgan fingerprint density at radius 1 is 1.06 bits per heavy atom. The van der Waals surface area contributed by atoms with Crippen molar-refractivity contribution in [2.45, 2.75) is 51.7 Å². The van der Waals surface area contributed by atoms with Crippen molar-refractivity contribution in [2.24, 2.45) is 0 Å². The molecule has 0 aromatic heterocycles. The highest BCUT2D eigenvalue weighted by molar-refractivity contribution is 5.75. The van der Waals surface area contributed by atoms with Crippen molar-refractivity contribution in [3.63, 3.8) is 0 Å². The minimum atomic E-state index is -0.0653. The molecule has 2 atom stereocenters. The molecule has 0 aromatic rings. The lowest BCUT2D eigenvalue weighted by molar-refractivity contribution is -0.160. The zero-order chi connectivity index (χ0) is 13.8. The van der Waals surface area contributed by atoms with Crippen LogP contribution in [0.15, 0.2) is 0 Å². The van der Waals surface area contributed by atoms with Gasteiger partial charge in [0, 0.05) is 20.6 Å². The van der Waals surface area contributed by atoms with E-state index in [4.69, 9.17) is 18.9 Å². The summed E-state index contributed by atoms with van der Waals surface area (Å²) in [5.74, 6) is 0.200. The maximum atomic E-state index is 10.9. The average molecular weight is 262 g/mol. The van der Waals surface area contributed by atoms with Gasteiger partial charge in [0.25, 0.3) is 0 Å². The maximum Gasteiger partial charge on any atom is 0.146 e. The van der Waals surface area contributed by atoms with Gasteiger partial charge in [-0.05, 0) is 26.2 Å². The van der Waals surface area contributed by atoms with Crippen molar-refractivity contribution in [1.29, 1.82) is 0 Å². The first-order chi connectivity index (χ1) is 8.65. The topological polar surface area (TPSA) is 54.0 Å². The predicted octanol–water partition coefficient (Wildman–Crippen LogP) is 2.13. The minimum absolute atomic E-state index is 0.0351. The molecule has 0 fully saturated rings. The smallest absolute Gasteiger partial charge is 0.146 e. The normalized spacial score (nSPS) is 14.4. The number of rotatable bonds is 12. The minimum Gasteiger partial charge on any atom is -0.359 e. The van der Waals surface area contributed by atoms with E-state index in [0.717, 1.165) is 19.3 Å². The van der Waals surface area contributed by atoms with Crippen LogP contribution in [0.5, 0.6) is 0 Å². The number of Topliss-reactive ketones (excluding diaryl/α,β-unsaturated/α-hetero) is 1. The van der Waals surface area contributed by atoms with Crippen molar-refractivity contribution in [1.82, 2.24) is 0 Å². The van der Waals surface area contributed by atoms with Crippen molar-refractivity contribution in [3.8, 4) is 0 Å². The summed E-state index contributed by atoms with van der Waals surface area (Å²) in [6.07, 6.45) is 2.89. The molecule has 0 heterocycles. The molecule has 18 heavy (non-hydrogen) atoms. The summed E-state index contributed by atoms with van der Waals surface area (Å²) in [7, 11) is 3.18. The summed E-state index contributed by atoms with van der Waals surface area (Å²) in [6.45, 7) is 4.12. The molecule has 0 amide bonds. The zero-order valence-electron chi connectivity index (χ0n) is 11.9. The summed E-state index contributed by atoms with van der Waals surface area (Å²) in [5, 5.41) is 0. The molecule has 108 valence electrons. The first-order valence-electron chi connectivity index (χ1n) is 6.36. The van der Waals surface area contributed by atoms with Crippen LogP contribution >= 0.6 is 0 Å². The highest BCUT2D eigenvalue weighted by Crippen LogP contribution is 2.15. The van der Waals surface area contributed by atoms with Gasteiger partial charge in [-0.3, -0.25) is 0 Å². The van der Waals surface area contributed by atoms with Gasteiger partial charge in [0.15, 0.2) is 0 Å². The monoisotopic (exact) mass is 262 g/mol. The van der Waals surface area contributed by atoms with Crippen molar-refractivity contribution in [2.75, 3.05) is 27.8 Å². The van der Waals surface area contributed by atoms with Gasteiger partial charge >= 0.3 is 0 Å². The molecule has 0 aromatic carbocycles. The summed E-state index contributed by atoms with van der Waals surface area (Å²) >= 11 is 0. The van der Waals surface area contributed by atoms with Gasteiger partial charge in [0.1, 0.15) is 19.4 Å². The first-order valence-corrected chi connectivity index (χ1v) is 6.36. The van der Waals surface area contributed by atoms with Crippen LogP contribution in [0, 0.1) is 0 Å². The number of carbonyl (C=O) groups excluding carboxylic acids is 1. The van der Waals surface area contributed by atoms with Crippen LogP contribution in [0.1, 0.15) is 39.5 Å². The number of hydrogen-bond acceptors (Lipinski definition) is 5. The standard InChI is InChI=1S/C13H26O5/c1-5-12(17-9-15-3)13(18-10-16-4)8-6-7-11(2)14/h12-13H,5-10H2,1-4H3/t12-,13-/m1/s1. The SMILES string of the molecule is CC[C@@H](OCOC)[C@@H](CCCC(C)=O)OCOC. The second-order valence-electron chi connectivity index (χ2n) is 4.23. The molecular weight excluding hydrogens is 236 g/mol. The van der Waals surface area contributed by atoms with Crippen LogP contribution in [-0.2, 0) is 23.7 Å². The molecule has 0 aliphatic rings. The number of methoxy groups -OCH3 is 2. The molecule has 0 spiro atoms. The summed E-state index contributed by atoms with van der Waals surface area (Å²) in [6, 6.07) is 0. The van der Waals surface area contributed by atoms with E-state index in [9.17, 15) is 4.79 Å². The Bertz CT molecular complexity index is 208. The van der Waals surface area contributed by atoms with Gasteiger partial charge in [-0.25, -0.2) is 0 Å². The molecule has 0 aliphatic heterocycles. The van der Waals surface area contributed by atoms with E-state index < -0.39 is 0 Å². The largest absolute Gasteiger partial charge is 0.359 e. The predicted molar refractivity (Wildman–Crippen MR) is 68.3 cm³/mol. The summed E-state index contributed by atoms with van der Waals surface area (Å²) in [4.78, 5) is 10.9. The Labute approximate surface area is 110 Å². The van der Waals surface area contributed by atoms with Crippen LogP contribution in [0.4, 0.5) is 0 Å². The molecule has 5 heteroatoms. The molecule has 0 aliphatic carbocycles. The van der Waals surface area contributed by atoms with Crippen molar-refractivity contribution < 1.29 is 23.7 Å². The van der Waals surface area contributed by atoms with Gasteiger partial charge in [0.2, 0.25) is 0 Å². The summed E-state index contributed by atoms with van der Waals surface area (Å²) in [5.41, 5.74) is 0. The third-order valence-electron chi connectivity index (χ3n) is 2.63. The highest BCUT2D eigenvalue weighted by atomic mass is 16.7. The molecule has 5 nitrogen and oxygen atoms in total. The number of ketones is 1. The number of ether oxygens (including phenoxy) is 4. The molecule has 0 saturated heterocycles. The fraction of sp³-hybridized carbons (Fsp3) is 0.923. The van der Waals surface area contributed by atoms with E-state index in [1.165, 1.54) is 0 Å². The Morgan fingerprint density at radius 2 is 1.61 bits per heavy atom. The first kappa shape index (κ1) is 17.5. The Morgan fingerprint density at radius 3 is 2.06 bits per heavy atom. The molecule has 0 rings (SSSR count). The van der Waals surface area contributed by atoms with E-state index in [1.807, 2.05) is 6.92 Å². The van der Waals surface area contributed by atoms with Crippen LogP contribution < -0.4 is 0 Å². The quantitative estimate of drug-likeness (QED) is 0.504. The van der Waals surface area contributed by atoms with Crippen LogP contribution in [0.25, 0.3) is 0 Å². The van der Waals surface area contributed by atoms with E-state index in [0.29, 0.717) is 6.42 Å². The average Bonchev–Trinajstić information content (AvgIpc) is 2.35. The molecule has 0 unspecified atom stereocenters.